The molecule has 0 heterocycles. The summed E-state index contributed by atoms with van der Waals surface area (Å²) < 4.78 is 0. The second-order valence-corrected chi connectivity index (χ2v) is 5.15. The number of nitrogens with two attached hydrogens (primary N) is 1. The van der Waals surface area contributed by atoms with E-state index in [2.05, 4.69) is 5.32 Å². The molecule has 0 aliphatic heterocycles. The van der Waals surface area contributed by atoms with Gasteiger partial charge in [-0.15, -0.1) is 0 Å². The molecule has 2 aromatic rings. The van der Waals surface area contributed by atoms with Gasteiger partial charge < -0.3 is 16.2 Å². The summed E-state index contributed by atoms with van der Waals surface area (Å²) >= 11 is 0. The molecule has 0 radical (unpaired) electrons. The van der Waals surface area contributed by atoms with Crippen LogP contribution in [-0.2, 0) is 11.2 Å². The van der Waals surface area contributed by atoms with Crippen LogP contribution >= 0.6 is 0 Å². The van der Waals surface area contributed by atoms with Crippen molar-refractivity contribution < 1.29 is 9.90 Å². The molecular weight excluding hydrogens is 264 g/mol. The predicted molar refractivity (Wildman–Crippen MR) is 83.7 cm³/mol. The van der Waals surface area contributed by atoms with Crippen LogP contribution < -0.4 is 11.1 Å². The topological polar surface area (TPSA) is 75.3 Å². The van der Waals surface area contributed by atoms with E-state index in [1.54, 1.807) is 24.3 Å². The normalized spacial score (nSPS) is 11.9. The van der Waals surface area contributed by atoms with Gasteiger partial charge in [-0.25, -0.2) is 0 Å². The van der Waals surface area contributed by atoms with E-state index in [0.717, 1.165) is 16.7 Å². The van der Waals surface area contributed by atoms with E-state index in [0.29, 0.717) is 12.1 Å². The van der Waals surface area contributed by atoms with Crippen LogP contribution in [0, 0.1) is 6.92 Å². The molecule has 2 aromatic carbocycles. The monoisotopic (exact) mass is 284 g/mol. The number of hydrogen-bond acceptors (Lipinski definition) is 3. The van der Waals surface area contributed by atoms with E-state index in [-0.39, 0.29) is 12.5 Å². The lowest BCUT2D eigenvalue weighted by atomic mass is 10.1. The third kappa shape index (κ3) is 4.61. The Bertz CT molecular complexity index is 608. The number of nitrogen functional groups attached to an aromatic ring is 1. The Morgan fingerprint density at radius 3 is 2.62 bits per heavy atom. The summed E-state index contributed by atoms with van der Waals surface area (Å²) in [7, 11) is 0. The number of hydrogen-bond donors (Lipinski definition) is 3. The molecule has 0 aliphatic carbocycles. The average molecular weight is 284 g/mol. The highest BCUT2D eigenvalue weighted by Crippen LogP contribution is 2.14. The fourth-order valence-electron chi connectivity index (χ4n) is 2.12. The minimum atomic E-state index is -0.730. The molecule has 0 aromatic heterocycles. The Kier molecular flexibility index (Phi) is 4.95. The van der Waals surface area contributed by atoms with Crippen molar-refractivity contribution in [3.05, 3.63) is 65.2 Å². The van der Waals surface area contributed by atoms with E-state index in [9.17, 15) is 9.90 Å². The molecule has 1 amide bonds. The Morgan fingerprint density at radius 1 is 1.24 bits per heavy atom. The number of carbonyl (C=O) groups is 1. The standard InChI is InChI=1S/C17H20N2O2/c1-12-3-2-4-13(9-12)10-17(21)19-11-16(20)14-5-7-15(18)8-6-14/h2-9,16,20H,10-11,18H2,1H3,(H,19,21). The number of anilines is 1. The lowest BCUT2D eigenvalue weighted by Crippen LogP contribution is -2.29. The van der Waals surface area contributed by atoms with Crippen molar-refractivity contribution in [3.63, 3.8) is 0 Å². The molecule has 0 aliphatic rings. The summed E-state index contributed by atoms with van der Waals surface area (Å²) in [4.78, 5) is 11.9. The largest absolute Gasteiger partial charge is 0.399 e. The first-order valence-corrected chi connectivity index (χ1v) is 6.90. The zero-order chi connectivity index (χ0) is 15.2. The van der Waals surface area contributed by atoms with E-state index in [1.807, 2.05) is 31.2 Å². The lowest BCUT2D eigenvalue weighted by molar-refractivity contribution is -0.120. The van der Waals surface area contributed by atoms with Crippen LogP contribution in [0.5, 0.6) is 0 Å². The van der Waals surface area contributed by atoms with Gasteiger partial charge in [0.05, 0.1) is 12.5 Å². The Labute approximate surface area is 124 Å². The van der Waals surface area contributed by atoms with E-state index in [1.165, 1.54) is 0 Å². The number of carbonyl (C=O) groups excluding carboxylic acids is 1. The Hall–Kier alpha value is -2.33. The minimum Gasteiger partial charge on any atom is -0.399 e. The van der Waals surface area contributed by atoms with Crippen molar-refractivity contribution in [2.45, 2.75) is 19.4 Å². The summed E-state index contributed by atoms with van der Waals surface area (Å²) in [6.45, 7) is 2.18. The molecule has 1 atom stereocenters. The number of aliphatic hydroxyl groups excluding tert-OH is 1. The molecule has 0 bridgehead atoms. The van der Waals surface area contributed by atoms with Crippen molar-refractivity contribution in [1.29, 1.82) is 0 Å². The number of rotatable bonds is 5. The first-order valence-electron chi connectivity index (χ1n) is 6.90. The first kappa shape index (κ1) is 15.1. The van der Waals surface area contributed by atoms with Gasteiger partial charge in [-0.05, 0) is 30.2 Å². The summed E-state index contributed by atoms with van der Waals surface area (Å²) in [5.74, 6) is -0.102. The van der Waals surface area contributed by atoms with Crippen LogP contribution in [0.25, 0.3) is 0 Å². The highest BCUT2D eigenvalue weighted by Gasteiger charge is 2.10. The molecule has 4 heteroatoms. The van der Waals surface area contributed by atoms with Crippen LogP contribution in [0.15, 0.2) is 48.5 Å². The smallest absolute Gasteiger partial charge is 0.224 e. The van der Waals surface area contributed by atoms with Crippen molar-refractivity contribution in [2.75, 3.05) is 12.3 Å². The second kappa shape index (κ2) is 6.90. The van der Waals surface area contributed by atoms with Gasteiger partial charge in [0.15, 0.2) is 0 Å². The van der Waals surface area contributed by atoms with E-state index in [4.69, 9.17) is 5.73 Å². The Morgan fingerprint density at radius 2 is 1.95 bits per heavy atom. The number of nitrogens with one attached hydrogen (secondary N) is 1. The fourth-order valence-corrected chi connectivity index (χ4v) is 2.12. The van der Waals surface area contributed by atoms with Crippen molar-refractivity contribution in [2.24, 2.45) is 0 Å². The van der Waals surface area contributed by atoms with Crippen LogP contribution in [0.1, 0.15) is 22.8 Å². The van der Waals surface area contributed by atoms with E-state index >= 15 is 0 Å². The quantitative estimate of drug-likeness (QED) is 0.735. The first-order chi connectivity index (χ1) is 10.0. The maximum atomic E-state index is 11.9. The van der Waals surface area contributed by atoms with Crippen molar-refractivity contribution >= 4 is 11.6 Å². The second-order valence-electron chi connectivity index (χ2n) is 5.15. The highest BCUT2D eigenvalue weighted by molar-refractivity contribution is 5.78. The number of aliphatic hydroxyl groups is 1. The molecule has 2 rings (SSSR count). The third-order valence-electron chi connectivity index (χ3n) is 3.26. The van der Waals surface area contributed by atoms with Gasteiger partial charge in [-0.3, -0.25) is 4.79 Å². The fraction of sp³-hybridized carbons (Fsp3) is 0.235. The zero-order valence-electron chi connectivity index (χ0n) is 12.0. The molecule has 21 heavy (non-hydrogen) atoms. The maximum Gasteiger partial charge on any atom is 0.224 e. The molecule has 4 nitrogen and oxygen atoms in total. The number of benzene rings is 2. The van der Waals surface area contributed by atoms with Gasteiger partial charge in [0.1, 0.15) is 0 Å². The molecular formula is C17H20N2O2. The SMILES string of the molecule is Cc1cccc(CC(=O)NCC(O)c2ccc(N)cc2)c1. The molecule has 0 saturated carbocycles. The zero-order valence-corrected chi connectivity index (χ0v) is 12.0. The molecule has 0 fully saturated rings. The van der Waals surface area contributed by atoms with Crippen molar-refractivity contribution in [3.8, 4) is 0 Å². The molecule has 0 spiro atoms. The number of amides is 1. The molecule has 0 saturated heterocycles. The third-order valence-corrected chi connectivity index (χ3v) is 3.26. The summed E-state index contributed by atoms with van der Waals surface area (Å²) in [6, 6.07) is 14.8. The number of aryl methyl sites for hydroxylation is 1. The van der Waals surface area contributed by atoms with Gasteiger partial charge >= 0.3 is 0 Å². The van der Waals surface area contributed by atoms with Crippen molar-refractivity contribution in [1.82, 2.24) is 5.32 Å². The van der Waals surface area contributed by atoms with Crippen LogP contribution in [0.4, 0.5) is 5.69 Å². The van der Waals surface area contributed by atoms with Gasteiger partial charge in [0, 0.05) is 12.2 Å². The molecule has 4 N–H and O–H groups in total. The van der Waals surface area contributed by atoms with Gasteiger partial charge in [0.25, 0.3) is 0 Å². The van der Waals surface area contributed by atoms with Crippen LogP contribution in [-0.4, -0.2) is 17.6 Å². The highest BCUT2D eigenvalue weighted by atomic mass is 16.3. The molecule has 1 unspecified atom stereocenters. The summed E-state index contributed by atoms with van der Waals surface area (Å²) in [5.41, 5.74) is 9.07. The molecule has 110 valence electrons. The predicted octanol–water partition coefficient (Wildman–Crippen LogP) is 1.97. The average Bonchev–Trinajstić information content (AvgIpc) is 2.45. The van der Waals surface area contributed by atoms with Gasteiger partial charge in [-0.2, -0.15) is 0 Å². The van der Waals surface area contributed by atoms with Gasteiger partial charge in [0.2, 0.25) is 5.91 Å². The van der Waals surface area contributed by atoms with E-state index < -0.39 is 6.10 Å². The maximum absolute atomic E-state index is 11.9. The summed E-state index contributed by atoms with van der Waals surface area (Å²) in [6.07, 6.45) is -0.414. The minimum absolute atomic E-state index is 0.102. The van der Waals surface area contributed by atoms with Crippen LogP contribution in [0.2, 0.25) is 0 Å². The van der Waals surface area contributed by atoms with Crippen LogP contribution in [0.3, 0.4) is 0 Å². The lowest BCUT2D eigenvalue weighted by Gasteiger charge is -2.12. The summed E-state index contributed by atoms with van der Waals surface area (Å²) in [5, 5.41) is 12.8. The Balaban J connectivity index is 1.84. The van der Waals surface area contributed by atoms with Gasteiger partial charge in [-0.1, -0.05) is 42.0 Å².